The average molecular weight is 550 g/mol. The summed E-state index contributed by atoms with van der Waals surface area (Å²) >= 11 is 7.03. The Morgan fingerprint density at radius 3 is 2.61 bits per heavy atom. The SMILES string of the molecule is CC(C)(C)C(=O)/C(C#N)=c1/s/c(=C\c2cccc(NC(=O)c3ccc(Cl)cc3)c2)c(=O)n1CC1CCCO1. The first-order chi connectivity index (χ1) is 18.1. The number of hydrogen-bond acceptors (Lipinski definition) is 6. The third-order valence-corrected chi connectivity index (χ3v) is 7.48. The normalized spacial score (nSPS) is 16.7. The lowest BCUT2D eigenvalue weighted by molar-refractivity contribution is -0.120. The van der Waals surface area contributed by atoms with Gasteiger partial charge in [-0.25, -0.2) is 0 Å². The first-order valence-electron chi connectivity index (χ1n) is 12.3. The van der Waals surface area contributed by atoms with Crippen molar-refractivity contribution in [2.75, 3.05) is 11.9 Å². The zero-order valence-electron chi connectivity index (χ0n) is 21.4. The van der Waals surface area contributed by atoms with Gasteiger partial charge in [-0.05, 0) is 60.9 Å². The van der Waals surface area contributed by atoms with E-state index in [4.69, 9.17) is 16.3 Å². The molecule has 38 heavy (non-hydrogen) atoms. The average Bonchev–Trinajstić information content (AvgIpc) is 3.49. The summed E-state index contributed by atoms with van der Waals surface area (Å²) < 4.78 is 7.96. The fourth-order valence-electron chi connectivity index (χ4n) is 4.10. The molecular weight excluding hydrogens is 522 g/mol. The largest absolute Gasteiger partial charge is 0.376 e. The number of benzene rings is 2. The van der Waals surface area contributed by atoms with Crippen LogP contribution in [0.25, 0.3) is 11.6 Å². The number of aromatic nitrogens is 1. The van der Waals surface area contributed by atoms with Crippen molar-refractivity contribution in [2.45, 2.75) is 46.3 Å². The maximum absolute atomic E-state index is 13.5. The third-order valence-electron chi connectivity index (χ3n) is 6.10. The molecule has 2 aromatic carbocycles. The van der Waals surface area contributed by atoms with Crippen LogP contribution in [0.15, 0.2) is 53.3 Å². The number of carbonyl (C=O) groups is 2. The van der Waals surface area contributed by atoms with Gasteiger partial charge in [-0.15, -0.1) is 11.3 Å². The van der Waals surface area contributed by atoms with Crippen molar-refractivity contribution < 1.29 is 14.3 Å². The number of thiazole rings is 1. The Kier molecular flexibility index (Phi) is 8.32. The quantitative estimate of drug-likeness (QED) is 0.498. The number of Topliss-reactive ketones (excluding diaryl/α,β-unsaturated/α-hetero) is 1. The number of rotatable bonds is 6. The van der Waals surface area contributed by atoms with Crippen LogP contribution in [0.5, 0.6) is 0 Å². The highest BCUT2D eigenvalue weighted by Crippen LogP contribution is 2.20. The van der Waals surface area contributed by atoms with Crippen LogP contribution < -0.4 is 20.1 Å². The third kappa shape index (κ3) is 6.30. The van der Waals surface area contributed by atoms with Crippen molar-refractivity contribution in [1.29, 1.82) is 5.26 Å². The highest BCUT2D eigenvalue weighted by Gasteiger charge is 2.28. The molecule has 0 saturated carbocycles. The molecule has 1 amide bonds. The predicted molar refractivity (Wildman–Crippen MR) is 150 cm³/mol. The van der Waals surface area contributed by atoms with E-state index in [9.17, 15) is 19.6 Å². The minimum atomic E-state index is -0.777. The maximum Gasteiger partial charge on any atom is 0.269 e. The molecule has 1 unspecified atom stereocenters. The second-order valence-corrected chi connectivity index (χ2v) is 11.6. The fraction of sp³-hybridized carbons (Fsp3) is 0.310. The van der Waals surface area contributed by atoms with E-state index in [0.717, 1.165) is 24.2 Å². The number of amides is 1. The van der Waals surface area contributed by atoms with Crippen molar-refractivity contribution in [1.82, 2.24) is 4.57 Å². The number of nitriles is 1. The molecule has 0 bridgehead atoms. The van der Waals surface area contributed by atoms with Crippen LogP contribution in [-0.2, 0) is 16.1 Å². The van der Waals surface area contributed by atoms with Crippen LogP contribution in [0.1, 0.15) is 49.5 Å². The zero-order chi connectivity index (χ0) is 27.4. The molecule has 1 aliphatic rings. The zero-order valence-corrected chi connectivity index (χ0v) is 23.0. The van der Waals surface area contributed by atoms with E-state index in [1.807, 2.05) is 6.07 Å². The Balaban J connectivity index is 1.76. The van der Waals surface area contributed by atoms with Crippen LogP contribution in [-0.4, -0.2) is 29.0 Å². The summed E-state index contributed by atoms with van der Waals surface area (Å²) in [4.78, 5) is 39.2. The van der Waals surface area contributed by atoms with Gasteiger partial charge in [0.1, 0.15) is 16.3 Å². The molecule has 1 atom stereocenters. The van der Waals surface area contributed by atoms with E-state index in [1.165, 1.54) is 4.57 Å². The van der Waals surface area contributed by atoms with Gasteiger partial charge in [0.25, 0.3) is 11.5 Å². The molecule has 1 fully saturated rings. The molecule has 1 saturated heterocycles. The second kappa shape index (κ2) is 11.5. The van der Waals surface area contributed by atoms with Gasteiger partial charge in [0.15, 0.2) is 5.78 Å². The van der Waals surface area contributed by atoms with E-state index in [2.05, 4.69) is 11.4 Å². The number of nitrogens with zero attached hydrogens (tertiary/aromatic N) is 2. The Morgan fingerprint density at radius 2 is 1.97 bits per heavy atom. The van der Waals surface area contributed by atoms with Crippen molar-refractivity contribution in [2.24, 2.45) is 5.41 Å². The predicted octanol–water partition coefficient (Wildman–Crippen LogP) is 4.11. The van der Waals surface area contributed by atoms with E-state index >= 15 is 0 Å². The first kappa shape index (κ1) is 27.5. The number of halogens is 1. The summed E-state index contributed by atoms with van der Waals surface area (Å²) in [6.45, 7) is 6.15. The molecule has 3 aromatic rings. The number of anilines is 1. The van der Waals surface area contributed by atoms with Crippen LogP contribution in [0.2, 0.25) is 5.02 Å². The molecule has 1 aliphatic heterocycles. The standard InChI is InChI=1S/C29H28ClN3O4S/c1-29(2,3)25(34)23(16-31)28-33(17-22-8-5-13-37-22)27(36)24(38-28)15-18-6-4-7-21(14-18)32-26(35)19-9-11-20(30)12-10-19/h4,6-7,9-12,14-15,22H,5,8,13,17H2,1-3H3,(H,32,35)/b24-15-,28-23+. The molecule has 2 heterocycles. The molecule has 9 heteroatoms. The lowest BCUT2D eigenvalue weighted by atomic mass is 9.87. The second-order valence-electron chi connectivity index (χ2n) is 10.1. The van der Waals surface area contributed by atoms with Crippen molar-refractivity contribution >= 4 is 52.0 Å². The first-order valence-corrected chi connectivity index (χ1v) is 13.5. The number of ether oxygens (including phenoxy) is 1. The van der Waals surface area contributed by atoms with Crippen molar-refractivity contribution in [3.05, 3.63) is 84.2 Å². The van der Waals surface area contributed by atoms with Gasteiger partial charge in [0, 0.05) is 28.3 Å². The molecule has 0 radical (unpaired) electrons. The van der Waals surface area contributed by atoms with Gasteiger partial charge in [-0.1, -0.05) is 44.5 Å². The minimum absolute atomic E-state index is 0.0266. The topological polar surface area (TPSA) is 101 Å². The molecular formula is C29H28ClN3O4S. The summed E-state index contributed by atoms with van der Waals surface area (Å²) in [6.07, 6.45) is 3.27. The van der Waals surface area contributed by atoms with Crippen LogP contribution in [0.4, 0.5) is 5.69 Å². The molecule has 4 rings (SSSR count). The Labute approximate surface area is 229 Å². The molecule has 1 aromatic heterocycles. The molecule has 196 valence electrons. The summed E-state index contributed by atoms with van der Waals surface area (Å²) in [5.74, 6) is -0.606. The highest BCUT2D eigenvalue weighted by atomic mass is 35.5. The number of hydrogen-bond donors (Lipinski definition) is 1. The molecule has 7 nitrogen and oxygen atoms in total. The Hall–Kier alpha value is -3.51. The maximum atomic E-state index is 13.5. The van der Waals surface area contributed by atoms with Crippen LogP contribution in [0, 0.1) is 16.7 Å². The number of ketones is 1. The lowest BCUT2D eigenvalue weighted by Crippen LogP contribution is -2.37. The van der Waals surface area contributed by atoms with Gasteiger partial charge in [-0.2, -0.15) is 5.26 Å². The number of nitrogens with one attached hydrogen (secondary N) is 1. The molecule has 1 N–H and O–H groups in total. The van der Waals surface area contributed by atoms with Crippen LogP contribution >= 0.6 is 22.9 Å². The van der Waals surface area contributed by atoms with Gasteiger partial charge >= 0.3 is 0 Å². The highest BCUT2D eigenvalue weighted by molar-refractivity contribution is 7.07. The summed E-state index contributed by atoms with van der Waals surface area (Å²) in [7, 11) is 0. The van der Waals surface area contributed by atoms with E-state index in [1.54, 1.807) is 69.3 Å². The summed E-state index contributed by atoms with van der Waals surface area (Å²) in [6, 6.07) is 15.7. The van der Waals surface area contributed by atoms with Gasteiger partial charge < -0.3 is 10.1 Å². The smallest absolute Gasteiger partial charge is 0.269 e. The van der Waals surface area contributed by atoms with E-state index < -0.39 is 5.41 Å². The monoisotopic (exact) mass is 549 g/mol. The van der Waals surface area contributed by atoms with E-state index in [-0.39, 0.29) is 35.5 Å². The summed E-state index contributed by atoms with van der Waals surface area (Å²) in [5.41, 5.74) is 0.620. The Bertz CT molecular complexity index is 1580. The molecule has 0 spiro atoms. The van der Waals surface area contributed by atoms with Gasteiger partial charge in [-0.3, -0.25) is 19.0 Å². The van der Waals surface area contributed by atoms with Gasteiger partial charge in [0.2, 0.25) is 0 Å². The summed E-state index contributed by atoms with van der Waals surface area (Å²) in [5, 5.41) is 13.3. The van der Waals surface area contributed by atoms with Crippen molar-refractivity contribution in [3.63, 3.8) is 0 Å². The minimum Gasteiger partial charge on any atom is -0.376 e. The molecule has 0 aliphatic carbocycles. The van der Waals surface area contributed by atoms with Crippen molar-refractivity contribution in [3.8, 4) is 6.07 Å². The Morgan fingerprint density at radius 1 is 1.24 bits per heavy atom. The number of carbonyl (C=O) groups excluding carboxylic acids is 2. The fourth-order valence-corrected chi connectivity index (χ4v) is 5.33. The van der Waals surface area contributed by atoms with E-state index in [0.29, 0.717) is 37.6 Å². The van der Waals surface area contributed by atoms with Crippen LogP contribution in [0.3, 0.4) is 0 Å². The lowest BCUT2D eigenvalue weighted by Gasteiger charge is -2.16. The van der Waals surface area contributed by atoms with Gasteiger partial charge in [0.05, 0.1) is 17.2 Å².